The zero-order chi connectivity index (χ0) is 13.7. The molecule has 1 aromatic heterocycles. The first-order valence-electron chi connectivity index (χ1n) is 6.62. The van der Waals surface area contributed by atoms with E-state index in [9.17, 15) is 0 Å². The van der Waals surface area contributed by atoms with Crippen molar-refractivity contribution in [3.05, 3.63) is 54.2 Å². The molecular weight excluding hydrogens is 245 g/mol. The smallest absolute Gasteiger partial charge is 0.152 e. The summed E-state index contributed by atoms with van der Waals surface area (Å²) in [5, 5.41) is 3.40. The van der Waals surface area contributed by atoms with E-state index in [1.54, 1.807) is 0 Å². The van der Waals surface area contributed by atoms with Crippen LogP contribution in [0.5, 0.6) is 5.75 Å². The second kappa shape index (κ2) is 3.86. The molecule has 1 atom stereocenters. The fraction of sp³-hybridized carbons (Fsp3) is 0.118. The molecule has 0 saturated carbocycles. The molecule has 3 heteroatoms. The van der Waals surface area contributed by atoms with Crippen molar-refractivity contribution >= 4 is 35.6 Å². The quantitative estimate of drug-likeness (QED) is 0.452. The lowest BCUT2D eigenvalue weighted by Crippen LogP contribution is -2.32. The number of fused-ring (bicyclic) bond motifs is 5. The van der Waals surface area contributed by atoms with Gasteiger partial charge in [0.25, 0.3) is 0 Å². The number of hydrogen-bond donors (Lipinski definition) is 0. The van der Waals surface area contributed by atoms with Crippen LogP contribution in [0.2, 0.25) is 0 Å². The zero-order valence-corrected chi connectivity index (χ0v) is 11.1. The number of aromatic nitrogens is 1. The van der Waals surface area contributed by atoms with Gasteiger partial charge in [-0.25, -0.2) is 0 Å². The topological polar surface area (TPSA) is 22.1 Å². The molecule has 4 rings (SSSR count). The molecule has 3 aromatic rings. The normalized spacial score (nSPS) is 20.9. The van der Waals surface area contributed by atoms with Crippen LogP contribution in [0.25, 0.3) is 27.8 Å². The van der Waals surface area contributed by atoms with Crippen molar-refractivity contribution in [3.8, 4) is 5.75 Å². The molecule has 0 aliphatic carbocycles. The first-order chi connectivity index (χ1) is 9.64. The number of benzene rings is 2. The van der Waals surface area contributed by atoms with Gasteiger partial charge in [0.2, 0.25) is 0 Å². The van der Waals surface area contributed by atoms with Gasteiger partial charge >= 0.3 is 0 Å². The summed E-state index contributed by atoms with van der Waals surface area (Å²) in [6.45, 7) is 1.84. The van der Waals surface area contributed by atoms with Crippen LogP contribution < -0.4 is 4.74 Å². The number of rotatable bonds is 0. The Labute approximate surface area is 118 Å². The van der Waals surface area contributed by atoms with E-state index in [1.807, 2.05) is 37.4 Å². The maximum atomic E-state index is 6.06. The van der Waals surface area contributed by atoms with Gasteiger partial charge in [-0.1, -0.05) is 48.6 Å². The average Bonchev–Trinajstić information content (AvgIpc) is 2.45. The van der Waals surface area contributed by atoms with Crippen molar-refractivity contribution < 1.29 is 4.74 Å². The van der Waals surface area contributed by atoms with Crippen LogP contribution in [0.1, 0.15) is 12.5 Å². The van der Waals surface area contributed by atoms with Gasteiger partial charge < -0.3 is 4.74 Å². The first-order valence-corrected chi connectivity index (χ1v) is 6.62. The average molecular weight is 257 g/mol. The fourth-order valence-corrected chi connectivity index (χ4v) is 2.67. The number of pyridine rings is 1. The molecule has 2 aromatic carbocycles. The Morgan fingerprint density at radius 3 is 2.85 bits per heavy atom. The van der Waals surface area contributed by atoms with Crippen LogP contribution in [0.15, 0.2) is 48.7 Å². The maximum Gasteiger partial charge on any atom is 0.152 e. The Balaban J connectivity index is 2.11. The van der Waals surface area contributed by atoms with Gasteiger partial charge in [-0.2, -0.15) is 0 Å². The Bertz CT molecular complexity index is 867. The Kier molecular flexibility index (Phi) is 2.22. The molecule has 94 valence electrons. The van der Waals surface area contributed by atoms with Gasteiger partial charge in [-0.15, -0.1) is 0 Å². The molecule has 1 unspecified atom stereocenters. The van der Waals surface area contributed by atoms with Crippen molar-refractivity contribution in [2.75, 3.05) is 0 Å². The van der Waals surface area contributed by atoms with E-state index in [0.717, 1.165) is 27.6 Å². The highest BCUT2D eigenvalue weighted by Gasteiger charge is 2.23. The van der Waals surface area contributed by atoms with Gasteiger partial charge in [0.05, 0.1) is 5.50 Å². The zero-order valence-electron chi connectivity index (χ0n) is 11.1. The molecule has 1 aliphatic rings. The Morgan fingerprint density at radius 1 is 1.10 bits per heavy atom. The second-order valence-electron chi connectivity index (χ2n) is 5.34. The SMILES string of the molecule is [B]C1(C)C=Cc2ccc3c(ncc4ccccc43)c2O1. The highest BCUT2D eigenvalue weighted by molar-refractivity contribution is 6.17. The molecule has 1 aliphatic heterocycles. The maximum absolute atomic E-state index is 6.06. The standard InChI is InChI=1S/C17H12BNO/c1-17(18)9-8-11-6-7-14-13-5-3-2-4-12(13)10-19-15(14)16(11)20-17/h2-10H,1H3. The minimum absolute atomic E-state index is 0.765. The summed E-state index contributed by atoms with van der Waals surface area (Å²) >= 11 is 0. The minimum Gasteiger partial charge on any atom is -0.491 e. The highest BCUT2D eigenvalue weighted by atomic mass is 16.5. The lowest BCUT2D eigenvalue weighted by atomic mass is 9.81. The van der Waals surface area contributed by atoms with Gasteiger partial charge in [0, 0.05) is 22.5 Å². The van der Waals surface area contributed by atoms with Gasteiger partial charge in [-0.05, 0) is 12.3 Å². The molecule has 0 spiro atoms. The summed E-state index contributed by atoms with van der Waals surface area (Å²) in [6, 6.07) is 12.4. The van der Waals surface area contributed by atoms with Crippen LogP contribution in [0, 0.1) is 0 Å². The van der Waals surface area contributed by atoms with E-state index in [2.05, 4.69) is 29.2 Å². The molecule has 2 heterocycles. The van der Waals surface area contributed by atoms with Gasteiger partial charge in [-0.3, -0.25) is 4.98 Å². The third kappa shape index (κ3) is 1.63. The van der Waals surface area contributed by atoms with E-state index in [1.165, 1.54) is 5.39 Å². The Morgan fingerprint density at radius 2 is 1.95 bits per heavy atom. The molecule has 0 fully saturated rings. The highest BCUT2D eigenvalue weighted by Crippen LogP contribution is 2.37. The van der Waals surface area contributed by atoms with E-state index in [-0.39, 0.29) is 0 Å². The summed E-state index contributed by atoms with van der Waals surface area (Å²) < 4.78 is 5.91. The molecular formula is C17H12BNO. The van der Waals surface area contributed by atoms with Crippen LogP contribution in [-0.4, -0.2) is 18.3 Å². The number of ether oxygens (including phenoxy) is 1. The van der Waals surface area contributed by atoms with E-state index in [0.29, 0.717) is 0 Å². The van der Waals surface area contributed by atoms with Gasteiger partial charge in [0.15, 0.2) is 5.75 Å². The summed E-state index contributed by atoms with van der Waals surface area (Å²) in [6.07, 6.45) is 5.74. The lowest BCUT2D eigenvalue weighted by Gasteiger charge is -2.29. The predicted molar refractivity (Wildman–Crippen MR) is 83.1 cm³/mol. The first kappa shape index (κ1) is 11.5. The number of nitrogens with zero attached hydrogens (tertiary/aromatic N) is 1. The van der Waals surface area contributed by atoms with Gasteiger partial charge in [0.1, 0.15) is 13.4 Å². The lowest BCUT2D eigenvalue weighted by molar-refractivity contribution is 0.227. The summed E-state index contributed by atoms with van der Waals surface area (Å²) in [5.74, 6) is 0.765. The van der Waals surface area contributed by atoms with Crippen molar-refractivity contribution in [1.82, 2.24) is 4.98 Å². The fourth-order valence-electron chi connectivity index (χ4n) is 2.67. The van der Waals surface area contributed by atoms with Crippen molar-refractivity contribution in [2.45, 2.75) is 12.4 Å². The van der Waals surface area contributed by atoms with E-state index in [4.69, 9.17) is 12.6 Å². The summed E-state index contributed by atoms with van der Waals surface area (Å²) in [5.41, 5.74) is 1.10. The van der Waals surface area contributed by atoms with E-state index >= 15 is 0 Å². The monoisotopic (exact) mass is 257 g/mol. The summed E-state index contributed by atoms with van der Waals surface area (Å²) in [4.78, 5) is 4.57. The third-order valence-electron chi connectivity index (χ3n) is 3.66. The van der Waals surface area contributed by atoms with E-state index < -0.39 is 5.50 Å². The molecule has 0 N–H and O–H groups in total. The molecule has 0 saturated heterocycles. The molecule has 0 amide bonds. The second-order valence-corrected chi connectivity index (χ2v) is 5.34. The van der Waals surface area contributed by atoms with Crippen molar-refractivity contribution in [2.24, 2.45) is 0 Å². The minimum atomic E-state index is -0.783. The van der Waals surface area contributed by atoms with Crippen molar-refractivity contribution in [3.63, 3.8) is 0 Å². The predicted octanol–water partition coefficient (Wildman–Crippen LogP) is 3.68. The third-order valence-corrected chi connectivity index (χ3v) is 3.66. The van der Waals surface area contributed by atoms with Crippen LogP contribution in [0.3, 0.4) is 0 Å². The molecule has 2 nitrogen and oxygen atoms in total. The van der Waals surface area contributed by atoms with Crippen LogP contribution in [-0.2, 0) is 0 Å². The van der Waals surface area contributed by atoms with Crippen LogP contribution in [0.4, 0.5) is 0 Å². The van der Waals surface area contributed by atoms with Crippen LogP contribution >= 0.6 is 0 Å². The van der Waals surface area contributed by atoms with Crippen molar-refractivity contribution in [1.29, 1.82) is 0 Å². The number of hydrogen-bond acceptors (Lipinski definition) is 2. The summed E-state index contributed by atoms with van der Waals surface area (Å²) in [7, 11) is 6.06. The molecule has 2 radical (unpaired) electrons. The molecule has 0 bridgehead atoms. The molecule has 20 heavy (non-hydrogen) atoms. The Hall–Kier alpha value is -2.29. The largest absolute Gasteiger partial charge is 0.491 e.